The van der Waals surface area contributed by atoms with Gasteiger partial charge in [0.2, 0.25) is 0 Å². The Balaban J connectivity index is 1.90. The van der Waals surface area contributed by atoms with Gasteiger partial charge in [0.1, 0.15) is 6.04 Å². The van der Waals surface area contributed by atoms with Crippen molar-refractivity contribution in [3.8, 4) is 0 Å². The molecule has 7 nitrogen and oxygen atoms in total. The molecule has 1 aromatic rings. The van der Waals surface area contributed by atoms with Crippen molar-refractivity contribution in [2.75, 3.05) is 23.7 Å². The van der Waals surface area contributed by atoms with Crippen LogP contribution in [0.15, 0.2) is 29.2 Å². The van der Waals surface area contributed by atoms with E-state index in [1.54, 1.807) is 6.92 Å². The highest BCUT2D eigenvalue weighted by Crippen LogP contribution is 2.33. The number of nitrogens with zero attached hydrogens (tertiary/aromatic N) is 1. The van der Waals surface area contributed by atoms with Gasteiger partial charge in [0.05, 0.1) is 11.8 Å². The van der Waals surface area contributed by atoms with Crippen molar-refractivity contribution >= 4 is 29.4 Å². The fourth-order valence-electron chi connectivity index (χ4n) is 2.45. The van der Waals surface area contributed by atoms with E-state index in [4.69, 9.17) is 0 Å². The number of nitrogens with one attached hydrogen (secondary N) is 3. The fraction of sp³-hybridized carbons (Fsp3) is 0.500. The lowest BCUT2D eigenvalue weighted by atomic mass is 10.1. The van der Waals surface area contributed by atoms with Crippen molar-refractivity contribution < 1.29 is 14.7 Å². The zero-order chi connectivity index (χ0) is 19.3. The SMILES string of the molecule is [CH2]N1C(=O)C(NC(=O)NCC(C)(C)NC[C@H](C)O)CSc2ccccc21. The lowest BCUT2D eigenvalue weighted by Gasteiger charge is -2.28. The first-order valence-electron chi connectivity index (χ1n) is 8.53. The third-order valence-corrected chi connectivity index (χ3v) is 5.15. The maximum atomic E-state index is 12.6. The van der Waals surface area contributed by atoms with Crippen LogP contribution >= 0.6 is 11.8 Å². The van der Waals surface area contributed by atoms with Gasteiger partial charge in [0, 0.05) is 36.3 Å². The second-order valence-electron chi connectivity index (χ2n) is 7.04. The number of aliphatic hydroxyl groups excluding tert-OH is 1. The van der Waals surface area contributed by atoms with Crippen LogP contribution < -0.4 is 20.9 Å². The molecule has 1 heterocycles. The largest absolute Gasteiger partial charge is 0.392 e. The highest BCUT2D eigenvalue weighted by Gasteiger charge is 2.30. The van der Waals surface area contributed by atoms with E-state index in [1.165, 1.54) is 16.7 Å². The quantitative estimate of drug-likeness (QED) is 0.598. The van der Waals surface area contributed by atoms with Crippen LogP contribution in [0.2, 0.25) is 0 Å². The second-order valence-corrected chi connectivity index (χ2v) is 8.10. The number of benzene rings is 1. The lowest BCUT2D eigenvalue weighted by molar-refractivity contribution is -0.119. The van der Waals surface area contributed by atoms with Crippen molar-refractivity contribution in [3.05, 3.63) is 31.3 Å². The van der Waals surface area contributed by atoms with E-state index < -0.39 is 18.2 Å². The summed E-state index contributed by atoms with van der Waals surface area (Å²) in [5.74, 6) is 0.197. The van der Waals surface area contributed by atoms with Crippen LogP contribution in [0.4, 0.5) is 10.5 Å². The van der Waals surface area contributed by atoms with E-state index in [0.717, 1.165) is 10.6 Å². The van der Waals surface area contributed by atoms with Crippen LogP contribution in [0.3, 0.4) is 0 Å². The molecule has 8 heteroatoms. The van der Waals surface area contributed by atoms with Crippen LogP contribution in [0.1, 0.15) is 20.8 Å². The summed E-state index contributed by atoms with van der Waals surface area (Å²) in [5.41, 5.74) is 0.362. The summed E-state index contributed by atoms with van der Waals surface area (Å²) < 4.78 is 0. The number of aliphatic hydroxyl groups is 1. The molecule has 0 fully saturated rings. The Hall–Kier alpha value is -1.77. The van der Waals surface area contributed by atoms with Gasteiger partial charge in [-0.3, -0.25) is 4.79 Å². The maximum Gasteiger partial charge on any atom is 0.315 e. The lowest BCUT2D eigenvalue weighted by Crippen LogP contribution is -2.55. The van der Waals surface area contributed by atoms with Crippen LogP contribution in [0, 0.1) is 7.05 Å². The van der Waals surface area contributed by atoms with Gasteiger partial charge >= 0.3 is 6.03 Å². The molecule has 0 spiro atoms. The molecule has 3 amide bonds. The van der Waals surface area contributed by atoms with Gasteiger partial charge in [-0.05, 0) is 32.9 Å². The number of urea groups is 1. The predicted octanol–water partition coefficient (Wildman–Crippen LogP) is 1.33. The minimum Gasteiger partial charge on any atom is -0.392 e. The number of hydrogen-bond donors (Lipinski definition) is 4. The van der Waals surface area contributed by atoms with Crippen molar-refractivity contribution in [1.29, 1.82) is 0 Å². The van der Waals surface area contributed by atoms with Crippen LogP contribution in [-0.2, 0) is 4.79 Å². The maximum absolute atomic E-state index is 12.6. The zero-order valence-corrected chi connectivity index (χ0v) is 16.2. The molecule has 1 aromatic carbocycles. The average Bonchev–Trinajstić information content (AvgIpc) is 2.71. The third kappa shape index (κ3) is 5.62. The Morgan fingerprint density at radius 3 is 2.85 bits per heavy atom. The number of anilines is 1. The van der Waals surface area contributed by atoms with E-state index >= 15 is 0 Å². The Morgan fingerprint density at radius 2 is 2.15 bits per heavy atom. The number of hydrogen-bond acceptors (Lipinski definition) is 5. The molecule has 1 aliphatic heterocycles. The Labute approximate surface area is 158 Å². The first-order chi connectivity index (χ1) is 12.2. The minimum absolute atomic E-state index is 0.246. The fourth-order valence-corrected chi connectivity index (χ4v) is 3.53. The number of carbonyl (C=O) groups excluding carboxylic acids is 2. The van der Waals surface area contributed by atoms with E-state index in [1.807, 2.05) is 38.1 Å². The van der Waals surface area contributed by atoms with E-state index in [0.29, 0.717) is 18.8 Å². The predicted molar refractivity (Wildman–Crippen MR) is 104 cm³/mol. The number of β-amino-alcohol motifs (C(OH)–C–C–N with tert-alkyl or cyclic N) is 1. The van der Waals surface area contributed by atoms with Crippen LogP contribution in [-0.4, -0.2) is 53.6 Å². The summed E-state index contributed by atoms with van der Waals surface area (Å²) in [7, 11) is 3.83. The number of fused-ring (bicyclic) bond motifs is 1. The number of carbonyl (C=O) groups is 2. The van der Waals surface area contributed by atoms with Gasteiger partial charge in [0.15, 0.2) is 0 Å². The summed E-state index contributed by atoms with van der Waals surface area (Å²) >= 11 is 1.52. The topological polar surface area (TPSA) is 93.7 Å². The minimum atomic E-state index is -0.654. The molecule has 143 valence electrons. The van der Waals surface area contributed by atoms with Gasteiger partial charge in [-0.15, -0.1) is 11.8 Å². The third-order valence-electron chi connectivity index (χ3n) is 4.00. The first-order valence-corrected chi connectivity index (χ1v) is 9.52. The van der Waals surface area contributed by atoms with Gasteiger partial charge < -0.3 is 26.0 Å². The van der Waals surface area contributed by atoms with Gasteiger partial charge in [0.25, 0.3) is 5.91 Å². The number of rotatable bonds is 6. The Bertz CT molecular complexity index is 651. The molecule has 0 aliphatic carbocycles. The zero-order valence-electron chi connectivity index (χ0n) is 15.4. The van der Waals surface area contributed by atoms with Crippen molar-refractivity contribution in [2.24, 2.45) is 0 Å². The molecule has 4 N–H and O–H groups in total. The summed E-state index contributed by atoms with van der Waals surface area (Å²) in [4.78, 5) is 27.1. The highest BCUT2D eigenvalue weighted by atomic mass is 32.2. The van der Waals surface area contributed by atoms with Crippen molar-refractivity contribution in [1.82, 2.24) is 16.0 Å². The molecule has 0 aromatic heterocycles. The van der Waals surface area contributed by atoms with Gasteiger partial charge in [-0.25, -0.2) is 4.79 Å². The number of amides is 3. The normalized spacial score (nSPS) is 18.7. The number of thioether (sulfide) groups is 1. The molecule has 0 saturated carbocycles. The molecule has 0 saturated heterocycles. The molecule has 1 unspecified atom stereocenters. The van der Waals surface area contributed by atoms with Gasteiger partial charge in [-0.1, -0.05) is 12.1 Å². The number of para-hydroxylation sites is 1. The highest BCUT2D eigenvalue weighted by molar-refractivity contribution is 7.99. The van der Waals surface area contributed by atoms with E-state index in [-0.39, 0.29) is 11.4 Å². The molecule has 2 atom stereocenters. The molecule has 0 bridgehead atoms. The summed E-state index contributed by atoms with van der Waals surface area (Å²) in [6, 6.07) is 6.48. The summed E-state index contributed by atoms with van der Waals surface area (Å²) in [5, 5.41) is 18.0. The molecular formula is C18H27N4O3S. The first kappa shape index (κ1) is 20.5. The molecule has 1 radical (unpaired) electrons. The molecule has 26 heavy (non-hydrogen) atoms. The molecule has 1 aliphatic rings. The van der Waals surface area contributed by atoms with E-state index in [9.17, 15) is 14.7 Å². The molecular weight excluding hydrogens is 352 g/mol. The van der Waals surface area contributed by atoms with Crippen LogP contribution in [0.5, 0.6) is 0 Å². The summed E-state index contributed by atoms with van der Waals surface area (Å²) in [6.07, 6.45) is -0.464. The van der Waals surface area contributed by atoms with E-state index in [2.05, 4.69) is 23.0 Å². The van der Waals surface area contributed by atoms with Crippen LogP contribution in [0.25, 0.3) is 0 Å². The van der Waals surface area contributed by atoms with Crippen molar-refractivity contribution in [2.45, 2.75) is 43.4 Å². The summed E-state index contributed by atoms with van der Waals surface area (Å²) in [6.45, 7) is 6.34. The monoisotopic (exact) mass is 379 g/mol. The Kier molecular flexibility index (Phi) is 6.91. The smallest absolute Gasteiger partial charge is 0.315 e. The standard InChI is InChI=1S/C18H27N4O3S/c1-12(23)9-20-18(2,3)11-19-17(25)21-13-10-26-15-8-6-5-7-14(15)22(4)16(13)24/h5-8,12-13,20,23H,4,9-11H2,1-3H3,(H2,19,21,25)/t12-,13?/m0/s1. The van der Waals surface area contributed by atoms with Crippen molar-refractivity contribution in [3.63, 3.8) is 0 Å². The average molecular weight is 380 g/mol. The van der Waals surface area contributed by atoms with Gasteiger partial charge in [-0.2, -0.15) is 0 Å². The Morgan fingerprint density at radius 1 is 1.46 bits per heavy atom. The molecule has 2 rings (SSSR count). The second kappa shape index (κ2) is 8.75.